The molecule has 0 aromatic heterocycles. The van der Waals surface area contributed by atoms with Gasteiger partial charge in [0.05, 0.1) is 7.11 Å². The Hall–Kier alpha value is -1.32. The summed E-state index contributed by atoms with van der Waals surface area (Å²) in [6.45, 7) is 4.65. The number of piperazine rings is 1. The third-order valence-electron chi connectivity index (χ3n) is 5.53. The van der Waals surface area contributed by atoms with E-state index in [1.54, 1.807) is 7.11 Å². The van der Waals surface area contributed by atoms with Crippen molar-refractivity contribution in [3.05, 3.63) is 35.9 Å². The molecule has 1 aromatic carbocycles. The van der Waals surface area contributed by atoms with E-state index in [9.17, 15) is 0 Å². The summed E-state index contributed by atoms with van der Waals surface area (Å²) in [6, 6.07) is 8.24. The number of hydrogen-bond acceptors (Lipinski definition) is 3. The van der Waals surface area contributed by atoms with Gasteiger partial charge >= 0.3 is 0 Å². The Labute approximate surface area is 140 Å². The van der Waals surface area contributed by atoms with Crippen LogP contribution in [0.2, 0.25) is 0 Å². The molecule has 0 atom stereocenters. The first kappa shape index (κ1) is 16.5. The SMILES string of the molecule is COc1ccccc1C=CCN1CCN(C)CC12CCCCC2. The van der Waals surface area contributed by atoms with Crippen LogP contribution in [0.3, 0.4) is 0 Å². The molecule has 126 valence electrons. The molecular formula is C20H30N2O. The summed E-state index contributed by atoms with van der Waals surface area (Å²) in [5, 5.41) is 0. The summed E-state index contributed by atoms with van der Waals surface area (Å²) in [5.41, 5.74) is 1.58. The maximum absolute atomic E-state index is 5.44. The minimum Gasteiger partial charge on any atom is -0.496 e. The van der Waals surface area contributed by atoms with Crippen LogP contribution < -0.4 is 4.74 Å². The molecular weight excluding hydrogens is 284 g/mol. The lowest BCUT2D eigenvalue weighted by atomic mass is 9.78. The van der Waals surface area contributed by atoms with E-state index in [1.807, 2.05) is 12.1 Å². The fourth-order valence-corrected chi connectivity index (χ4v) is 4.29. The van der Waals surface area contributed by atoms with E-state index < -0.39 is 0 Å². The van der Waals surface area contributed by atoms with Crippen LogP contribution in [-0.2, 0) is 0 Å². The monoisotopic (exact) mass is 314 g/mol. The van der Waals surface area contributed by atoms with E-state index >= 15 is 0 Å². The van der Waals surface area contributed by atoms with Gasteiger partial charge < -0.3 is 9.64 Å². The molecule has 3 heteroatoms. The first-order valence-corrected chi connectivity index (χ1v) is 8.97. The number of hydrogen-bond donors (Lipinski definition) is 0. The Bertz CT molecular complexity index is 534. The average Bonchev–Trinajstić information content (AvgIpc) is 2.58. The van der Waals surface area contributed by atoms with Crippen LogP contribution in [0.15, 0.2) is 30.3 Å². The van der Waals surface area contributed by atoms with Crippen molar-refractivity contribution < 1.29 is 4.74 Å². The summed E-state index contributed by atoms with van der Waals surface area (Å²) >= 11 is 0. The number of nitrogens with zero attached hydrogens (tertiary/aromatic N) is 2. The number of para-hydroxylation sites is 1. The van der Waals surface area contributed by atoms with Crippen LogP contribution in [0.25, 0.3) is 6.08 Å². The summed E-state index contributed by atoms with van der Waals surface area (Å²) in [7, 11) is 4.02. The van der Waals surface area contributed by atoms with Crippen LogP contribution in [0.1, 0.15) is 37.7 Å². The molecule has 0 radical (unpaired) electrons. The van der Waals surface area contributed by atoms with Crippen LogP contribution in [0.4, 0.5) is 0 Å². The minimum atomic E-state index is 0.413. The second-order valence-corrected chi connectivity index (χ2v) is 7.11. The molecule has 0 amide bonds. The molecule has 3 rings (SSSR count). The lowest BCUT2D eigenvalue weighted by Gasteiger charge is -2.52. The normalized spacial score (nSPS) is 22.7. The van der Waals surface area contributed by atoms with E-state index in [0.29, 0.717) is 5.54 Å². The number of likely N-dealkylation sites (N-methyl/N-ethyl adjacent to an activating group) is 1. The number of benzene rings is 1. The van der Waals surface area contributed by atoms with Gasteiger partial charge in [0.25, 0.3) is 0 Å². The van der Waals surface area contributed by atoms with Crippen molar-refractivity contribution in [1.29, 1.82) is 0 Å². The van der Waals surface area contributed by atoms with Gasteiger partial charge in [0.15, 0.2) is 0 Å². The molecule has 23 heavy (non-hydrogen) atoms. The Balaban J connectivity index is 1.69. The fraction of sp³-hybridized carbons (Fsp3) is 0.600. The largest absolute Gasteiger partial charge is 0.496 e. The van der Waals surface area contributed by atoms with Crippen molar-refractivity contribution >= 4 is 6.08 Å². The van der Waals surface area contributed by atoms with Crippen LogP contribution in [0, 0.1) is 0 Å². The molecule has 1 saturated heterocycles. The van der Waals surface area contributed by atoms with E-state index in [4.69, 9.17) is 4.74 Å². The van der Waals surface area contributed by atoms with Gasteiger partial charge in [-0.25, -0.2) is 0 Å². The predicted octanol–water partition coefficient (Wildman–Crippen LogP) is 3.66. The second kappa shape index (κ2) is 7.50. The molecule has 1 heterocycles. The Morgan fingerprint density at radius 1 is 1.13 bits per heavy atom. The van der Waals surface area contributed by atoms with Gasteiger partial charge in [-0.3, -0.25) is 4.90 Å². The lowest BCUT2D eigenvalue weighted by Crippen LogP contribution is -2.62. The molecule has 0 unspecified atom stereocenters. The van der Waals surface area contributed by atoms with Gasteiger partial charge in [0, 0.05) is 37.3 Å². The quantitative estimate of drug-likeness (QED) is 0.843. The van der Waals surface area contributed by atoms with Gasteiger partial charge in [-0.15, -0.1) is 0 Å². The average molecular weight is 314 g/mol. The van der Waals surface area contributed by atoms with E-state index in [0.717, 1.165) is 12.3 Å². The molecule has 1 aliphatic carbocycles. The lowest BCUT2D eigenvalue weighted by molar-refractivity contribution is -0.0100. The first-order chi connectivity index (χ1) is 11.2. The number of rotatable bonds is 4. The number of methoxy groups -OCH3 is 1. The van der Waals surface area contributed by atoms with Gasteiger partial charge in [0.2, 0.25) is 0 Å². The fourth-order valence-electron chi connectivity index (χ4n) is 4.29. The van der Waals surface area contributed by atoms with E-state index in [2.05, 4.69) is 41.1 Å². The molecule has 1 saturated carbocycles. The Morgan fingerprint density at radius 2 is 1.91 bits per heavy atom. The third kappa shape index (κ3) is 3.78. The van der Waals surface area contributed by atoms with Crippen LogP contribution >= 0.6 is 0 Å². The van der Waals surface area contributed by atoms with E-state index in [-0.39, 0.29) is 0 Å². The highest BCUT2D eigenvalue weighted by Crippen LogP contribution is 2.36. The standard InChI is InChI=1S/C20H30N2O/c1-21-15-16-22(20(17-21)12-6-3-7-13-20)14-8-10-18-9-4-5-11-19(18)23-2/h4-5,8-11H,3,6-7,12-17H2,1-2H3. The smallest absolute Gasteiger partial charge is 0.126 e. The van der Waals surface area contributed by atoms with Crippen molar-refractivity contribution in [2.24, 2.45) is 0 Å². The molecule has 0 N–H and O–H groups in total. The molecule has 3 nitrogen and oxygen atoms in total. The summed E-state index contributed by atoms with van der Waals surface area (Å²) in [6.07, 6.45) is 11.4. The number of ether oxygens (including phenoxy) is 1. The summed E-state index contributed by atoms with van der Waals surface area (Å²) in [5.74, 6) is 0.953. The van der Waals surface area contributed by atoms with Crippen molar-refractivity contribution in [1.82, 2.24) is 9.80 Å². The first-order valence-electron chi connectivity index (χ1n) is 8.97. The molecule has 0 bridgehead atoms. The van der Waals surface area contributed by atoms with Crippen molar-refractivity contribution in [2.75, 3.05) is 40.3 Å². The van der Waals surface area contributed by atoms with Crippen LogP contribution in [0.5, 0.6) is 5.75 Å². The zero-order valence-electron chi connectivity index (χ0n) is 14.6. The van der Waals surface area contributed by atoms with Crippen LogP contribution in [-0.4, -0.2) is 55.7 Å². The third-order valence-corrected chi connectivity index (χ3v) is 5.53. The topological polar surface area (TPSA) is 15.7 Å². The Morgan fingerprint density at radius 3 is 2.70 bits per heavy atom. The van der Waals surface area contributed by atoms with E-state index in [1.165, 1.54) is 57.3 Å². The molecule has 1 aliphatic heterocycles. The summed E-state index contributed by atoms with van der Waals surface area (Å²) in [4.78, 5) is 5.25. The van der Waals surface area contributed by atoms with Crippen molar-refractivity contribution in [2.45, 2.75) is 37.6 Å². The molecule has 1 aromatic rings. The zero-order chi connectivity index (χ0) is 16.1. The zero-order valence-corrected chi connectivity index (χ0v) is 14.6. The predicted molar refractivity (Wildman–Crippen MR) is 96.9 cm³/mol. The Kier molecular flexibility index (Phi) is 5.39. The second-order valence-electron chi connectivity index (χ2n) is 7.11. The molecule has 1 spiro atoms. The molecule has 2 fully saturated rings. The van der Waals surface area contributed by atoms with Gasteiger partial charge in [-0.1, -0.05) is 49.6 Å². The molecule has 2 aliphatic rings. The highest BCUT2D eigenvalue weighted by molar-refractivity contribution is 5.57. The van der Waals surface area contributed by atoms with Crippen molar-refractivity contribution in [3.63, 3.8) is 0 Å². The van der Waals surface area contributed by atoms with Crippen molar-refractivity contribution in [3.8, 4) is 5.75 Å². The van der Waals surface area contributed by atoms with Gasteiger partial charge in [-0.05, 0) is 26.0 Å². The maximum Gasteiger partial charge on any atom is 0.126 e. The highest BCUT2D eigenvalue weighted by Gasteiger charge is 2.40. The van der Waals surface area contributed by atoms with Gasteiger partial charge in [-0.2, -0.15) is 0 Å². The summed E-state index contributed by atoms with van der Waals surface area (Å²) < 4.78 is 5.44. The maximum atomic E-state index is 5.44. The minimum absolute atomic E-state index is 0.413. The highest BCUT2D eigenvalue weighted by atomic mass is 16.5. The van der Waals surface area contributed by atoms with Gasteiger partial charge in [0.1, 0.15) is 5.75 Å².